The van der Waals surface area contributed by atoms with Crippen LogP contribution in [0, 0.1) is 0 Å². The highest BCUT2D eigenvalue weighted by Gasteiger charge is 2.24. The summed E-state index contributed by atoms with van der Waals surface area (Å²) < 4.78 is 29.6. The van der Waals surface area contributed by atoms with Crippen molar-refractivity contribution in [3.8, 4) is 0 Å². The minimum absolute atomic E-state index is 0.0141. The summed E-state index contributed by atoms with van der Waals surface area (Å²) in [5.41, 5.74) is 0.346. The SMILES string of the molecule is CCCCCS(=O)(=O)Cc1oc2ccccc2c1C(=O)O. The van der Waals surface area contributed by atoms with Gasteiger partial charge in [0.15, 0.2) is 9.84 Å². The van der Waals surface area contributed by atoms with Gasteiger partial charge in [-0.1, -0.05) is 38.0 Å². The van der Waals surface area contributed by atoms with Gasteiger partial charge < -0.3 is 9.52 Å². The van der Waals surface area contributed by atoms with Crippen LogP contribution in [0.5, 0.6) is 0 Å². The van der Waals surface area contributed by atoms with E-state index in [-0.39, 0.29) is 22.8 Å². The lowest BCUT2D eigenvalue weighted by molar-refractivity contribution is 0.0697. The van der Waals surface area contributed by atoms with Crippen LogP contribution >= 0.6 is 0 Å². The molecular formula is C15H18O5S. The van der Waals surface area contributed by atoms with E-state index in [9.17, 15) is 18.3 Å². The van der Waals surface area contributed by atoms with Crippen LogP contribution in [0.4, 0.5) is 0 Å². The maximum atomic E-state index is 12.1. The Hall–Kier alpha value is -1.82. The topological polar surface area (TPSA) is 84.6 Å². The Bertz CT molecular complexity index is 743. The molecule has 2 rings (SSSR count). The second kappa shape index (κ2) is 6.30. The summed E-state index contributed by atoms with van der Waals surface area (Å²) in [6.07, 6.45) is 2.35. The highest BCUT2D eigenvalue weighted by atomic mass is 32.2. The molecule has 0 saturated carbocycles. The maximum Gasteiger partial charge on any atom is 0.339 e. The fraction of sp³-hybridized carbons (Fsp3) is 0.400. The number of carboxylic acids is 1. The molecular weight excluding hydrogens is 292 g/mol. The van der Waals surface area contributed by atoms with Gasteiger partial charge in [0.05, 0.1) is 5.75 Å². The van der Waals surface area contributed by atoms with Crippen molar-refractivity contribution in [3.05, 3.63) is 35.6 Å². The van der Waals surface area contributed by atoms with E-state index in [1.54, 1.807) is 24.3 Å². The third-order valence-corrected chi connectivity index (χ3v) is 4.90. The largest absolute Gasteiger partial charge is 0.478 e. The molecule has 0 saturated heterocycles. The number of carboxylic acid groups (broad SMARTS) is 1. The van der Waals surface area contributed by atoms with E-state index >= 15 is 0 Å². The van der Waals surface area contributed by atoms with Gasteiger partial charge in [0, 0.05) is 5.39 Å². The fourth-order valence-corrected chi connectivity index (χ4v) is 3.67. The van der Waals surface area contributed by atoms with Crippen LogP contribution in [-0.2, 0) is 15.6 Å². The second-order valence-corrected chi connectivity index (χ2v) is 7.18. The summed E-state index contributed by atoms with van der Waals surface area (Å²) in [4.78, 5) is 11.4. The monoisotopic (exact) mass is 310 g/mol. The Morgan fingerprint density at radius 3 is 2.62 bits per heavy atom. The molecule has 0 aliphatic carbocycles. The van der Waals surface area contributed by atoms with Crippen molar-refractivity contribution < 1.29 is 22.7 Å². The van der Waals surface area contributed by atoms with Gasteiger partial charge in [-0.2, -0.15) is 0 Å². The van der Waals surface area contributed by atoms with E-state index in [0.717, 1.165) is 12.8 Å². The molecule has 1 aromatic carbocycles. The van der Waals surface area contributed by atoms with E-state index in [1.165, 1.54) is 0 Å². The van der Waals surface area contributed by atoms with Crippen molar-refractivity contribution in [2.45, 2.75) is 31.9 Å². The lowest BCUT2D eigenvalue weighted by Crippen LogP contribution is -2.11. The van der Waals surface area contributed by atoms with E-state index in [0.29, 0.717) is 17.4 Å². The number of rotatable bonds is 7. The minimum Gasteiger partial charge on any atom is -0.478 e. The maximum absolute atomic E-state index is 12.1. The zero-order valence-corrected chi connectivity index (χ0v) is 12.6. The molecule has 0 bridgehead atoms. The average Bonchev–Trinajstić information content (AvgIpc) is 2.75. The van der Waals surface area contributed by atoms with Crippen LogP contribution < -0.4 is 0 Å². The van der Waals surface area contributed by atoms with Crippen LogP contribution in [0.15, 0.2) is 28.7 Å². The fourth-order valence-electron chi connectivity index (χ4n) is 2.28. The molecule has 5 nitrogen and oxygen atoms in total. The number of para-hydroxylation sites is 1. The molecule has 0 amide bonds. The normalized spacial score (nSPS) is 11.9. The van der Waals surface area contributed by atoms with E-state index in [2.05, 4.69) is 0 Å². The first kappa shape index (κ1) is 15.6. The zero-order chi connectivity index (χ0) is 15.5. The Labute approximate surface area is 123 Å². The quantitative estimate of drug-likeness (QED) is 0.794. The van der Waals surface area contributed by atoms with Crippen molar-refractivity contribution >= 4 is 26.8 Å². The van der Waals surface area contributed by atoms with Crippen molar-refractivity contribution in [1.29, 1.82) is 0 Å². The van der Waals surface area contributed by atoms with E-state index in [1.807, 2.05) is 6.92 Å². The smallest absolute Gasteiger partial charge is 0.339 e. The molecule has 1 heterocycles. The number of hydrogen-bond acceptors (Lipinski definition) is 4. The molecule has 0 aliphatic heterocycles. The number of carbonyl (C=O) groups is 1. The molecule has 0 unspecified atom stereocenters. The van der Waals surface area contributed by atoms with Crippen molar-refractivity contribution in [3.63, 3.8) is 0 Å². The van der Waals surface area contributed by atoms with Crippen molar-refractivity contribution in [2.75, 3.05) is 5.75 Å². The molecule has 0 atom stereocenters. The number of fused-ring (bicyclic) bond motifs is 1. The Kier molecular flexibility index (Phi) is 4.67. The predicted octanol–water partition coefficient (Wildman–Crippen LogP) is 3.24. The first-order valence-corrected chi connectivity index (χ1v) is 8.71. The summed E-state index contributed by atoms with van der Waals surface area (Å²) in [6, 6.07) is 6.67. The first-order chi connectivity index (χ1) is 9.94. The molecule has 0 aliphatic rings. The van der Waals surface area contributed by atoms with Gasteiger partial charge in [0.1, 0.15) is 22.7 Å². The summed E-state index contributed by atoms with van der Waals surface area (Å²) in [7, 11) is -3.37. The lowest BCUT2D eigenvalue weighted by Gasteiger charge is -2.02. The number of hydrogen-bond donors (Lipinski definition) is 1. The number of benzene rings is 1. The third-order valence-electron chi connectivity index (χ3n) is 3.29. The second-order valence-electron chi connectivity index (χ2n) is 5.00. The number of furan rings is 1. The van der Waals surface area contributed by atoms with Crippen LogP contribution in [-0.4, -0.2) is 25.2 Å². The van der Waals surface area contributed by atoms with Crippen molar-refractivity contribution in [1.82, 2.24) is 0 Å². The average molecular weight is 310 g/mol. The molecule has 2 aromatic rings. The number of unbranched alkanes of at least 4 members (excludes halogenated alkanes) is 2. The van der Waals surface area contributed by atoms with Crippen LogP contribution in [0.1, 0.15) is 42.3 Å². The zero-order valence-electron chi connectivity index (χ0n) is 11.8. The molecule has 0 radical (unpaired) electrons. The van der Waals surface area contributed by atoms with Gasteiger partial charge >= 0.3 is 5.97 Å². The van der Waals surface area contributed by atoms with Crippen molar-refractivity contribution in [2.24, 2.45) is 0 Å². The first-order valence-electron chi connectivity index (χ1n) is 6.88. The van der Waals surface area contributed by atoms with Gasteiger partial charge in [-0.15, -0.1) is 0 Å². The number of sulfone groups is 1. The molecule has 0 fully saturated rings. The van der Waals surface area contributed by atoms with Crippen LogP contribution in [0.3, 0.4) is 0 Å². The molecule has 1 N–H and O–H groups in total. The highest BCUT2D eigenvalue weighted by molar-refractivity contribution is 7.90. The summed E-state index contributed by atoms with van der Waals surface area (Å²) in [5, 5.41) is 9.74. The molecule has 6 heteroatoms. The molecule has 114 valence electrons. The van der Waals surface area contributed by atoms with Gasteiger partial charge in [-0.25, -0.2) is 13.2 Å². The lowest BCUT2D eigenvalue weighted by atomic mass is 10.1. The predicted molar refractivity (Wildman–Crippen MR) is 80.2 cm³/mol. The van der Waals surface area contributed by atoms with Gasteiger partial charge in [-0.3, -0.25) is 0 Å². The van der Waals surface area contributed by atoms with Crippen LogP contribution in [0.25, 0.3) is 11.0 Å². The summed E-state index contributed by atoms with van der Waals surface area (Å²) >= 11 is 0. The summed E-state index contributed by atoms with van der Waals surface area (Å²) in [6.45, 7) is 1.99. The van der Waals surface area contributed by atoms with Crippen LogP contribution in [0.2, 0.25) is 0 Å². The molecule has 1 aromatic heterocycles. The van der Waals surface area contributed by atoms with E-state index < -0.39 is 15.8 Å². The summed E-state index contributed by atoms with van der Waals surface area (Å²) in [5.74, 6) is -1.47. The standard InChI is InChI=1S/C15H18O5S/c1-2-3-6-9-21(18,19)10-13-14(15(16)17)11-7-4-5-8-12(11)20-13/h4-5,7-8H,2-3,6,9-10H2,1H3,(H,16,17). The Morgan fingerprint density at radius 2 is 1.95 bits per heavy atom. The van der Waals surface area contributed by atoms with E-state index in [4.69, 9.17) is 4.42 Å². The number of aromatic carboxylic acids is 1. The third kappa shape index (κ3) is 3.64. The highest BCUT2D eigenvalue weighted by Crippen LogP contribution is 2.27. The van der Waals surface area contributed by atoms with Gasteiger partial charge in [0.25, 0.3) is 0 Å². The Morgan fingerprint density at radius 1 is 1.24 bits per heavy atom. The minimum atomic E-state index is -3.37. The molecule has 21 heavy (non-hydrogen) atoms. The van der Waals surface area contributed by atoms with Gasteiger partial charge in [0.2, 0.25) is 0 Å². The van der Waals surface area contributed by atoms with Gasteiger partial charge in [-0.05, 0) is 12.5 Å². The Balaban J connectivity index is 2.33. The molecule has 0 spiro atoms.